The number of piperidine rings is 1. The topological polar surface area (TPSA) is 39.7 Å². The summed E-state index contributed by atoms with van der Waals surface area (Å²) < 4.78 is 0. The van der Waals surface area contributed by atoms with E-state index in [-0.39, 0.29) is 0 Å². The second-order valence-electron chi connectivity index (χ2n) is 6.00. The number of hydrogen-bond acceptors (Lipinski definition) is 4. The average molecular weight is 363 g/mol. The van der Waals surface area contributed by atoms with Crippen LogP contribution in [0.3, 0.4) is 0 Å². The van der Waals surface area contributed by atoms with E-state index in [1.807, 2.05) is 29.7 Å². The maximum Gasteiger partial charge on any atom is 0.191 e. The predicted molar refractivity (Wildman–Crippen MR) is 107 cm³/mol. The Morgan fingerprint density at radius 1 is 1.25 bits per heavy atom. The van der Waals surface area contributed by atoms with Gasteiger partial charge < -0.3 is 15.5 Å². The predicted octanol–water partition coefficient (Wildman–Crippen LogP) is 3.71. The van der Waals surface area contributed by atoms with Crippen molar-refractivity contribution in [2.24, 2.45) is 4.99 Å². The molecule has 1 aliphatic rings. The SMILES string of the molecule is CCc1ccc(CNC(=NC)NC2CCN(c3cccs3)CC2)s1. The number of rotatable bonds is 5. The molecule has 3 rings (SSSR count). The first kappa shape index (κ1) is 17.3. The number of aliphatic imine (C=N–C) groups is 1. The molecule has 2 aromatic heterocycles. The molecule has 0 saturated carbocycles. The normalized spacial score (nSPS) is 16.4. The molecule has 1 aliphatic heterocycles. The van der Waals surface area contributed by atoms with E-state index in [1.165, 1.54) is 14.8 Å². The largest absolute Gasteiger partial charge is 0.363 e. The molecule has 0 amide bonds. The lowest BCUT2D eigenvalue weighted by Gasteiger charge is -2.33. The third kappa shape index (κ3) is 4.51. The second-order valence-corrected chi connectivity index (χ2v) is 8.18. The minimum Gasteiger partial charge on any atom is -0.363 e. The zero-order valence-electron chi connectivity index (χ0n) is 14.4. The van der Waals surface area contributed by atoms with Crippen LogP contribution in [0.4, 0.5) is 5.00 Å². The molecule has 24 heavy (non-hydrogen) atoms. The Morgan fingerprint density at radius 2 is 2.04 bits per heavy atom. The van der Waals surface area contributed by atoms with Crippen LogP contribution in [-0.4, -0.2) is 32.1 Å². The maximum atomic E-state index is 4.38. The molecule has 6 heteroatoms. The van der Waals surface area contributed by atoms with Crippen molar-refractivity contribution in [3.8, 4) is 0 Å². The molecule has 1 fully saturated rings. The van der Waals surface area contributed by atoms with Crippen molar-refractivity contribution < 1.29 is 0 Å². The molecule has 2 aromatic rings. The fraction of sp³-hybridized carbons (Fsp3) is 0.500. The Morgan fingerprint density at radius 3 is 2.67 bits per heavy atom. The summed E-state index contributed by atoms with van der Waals surface area (Å²) in [6.07, 6.45) is 3.41. The highest BCUT2D eigenvalue weighted by molar-refractivity contribution is 7.14. The van der Waals surface area contributed by atoms with Crippen LogP contribution in [0.5, 0.6) is 0 Å². The first-order valence-electron chi connectivity index (χ1n) is 8.61. The molecular weight excluding hydrogens is 336 g/mol. The zero-order chi connectivity index (χ0) is 16.8. The van der Waals surface area contributed by atoms with Gasteiger partial charge in [0.2, 0.25) is 0 Å². The minimum absolute atomic E-state index is 0.502. The molecule has 4 nitrogen and oxygen atoms in total. The van der Waals surface area contributed by atoms with Gasteiger partial charge in [-0.2, -0.15) is 0 Å². The van der Waals surface area contributed by atoms with Crippen molar-refractivity contribution in [2.45, 2.75) is 38.8 Å². The van der Waals surface area contributed by atoms with E-state index in [0.717, 1.165) is 44.9 Å². The lowest BCUT2D eigenvalue weighted by Crippen LogP contribution is -2.48. The quantitative estimate of drug-likeness (QED) is 0.629. The number of nitrogens with zero attached hydrogens (tertiary/aromatic N) is 2. The van der Waals surface area contributed by atoms with Crippen molar-refractivity contribution >= 4 is 33.6 Å². The van der Waals surface area contributed by atoms with E-state index in [4.69, 9.17) is 0 Å². The van der Waals surface area contributed by atoms with E-state index in [2.05, 4.69) is 57.1 Å². The van der Waals surface area contributed by atoms with Gasteiger partial charge in [0.05, 0.1) is 11.5 Å². The summed E-state index contributed by atoms with van der Waals surface area (Å²) in [5, 5.41) is 10.6. The summed E-state index contributed by atoms with van der Waals surface area (Å²) in [7, 11) is 1.85. The summed E-state index contributed by atoms with van der Waals surface area (Å²) >= 11 is 3.71. The van der Waals surface area contributed by atoms with E-state index in [9.17, 15) is 0 Å². The van der Waals surface area contributed by atoms with Gasteiger partial charge in [-0.05, 0) is 48.9 Å². The molecule has 0 bridgehead atoms. The van der Waals surface area contributed by atoms with Crippen LogP contribution >= 0.6 is 22.7 Å². The van der Waals surface area contributed by atoms with Gasteiger partial charge in [0.15, 0.2) is 5.96 Å². The molecule has 0 aromatic carbocycles. The summed E-state index contributed by atoms with van der Waals surface area (Å²) in [6.45, 7) is 5.27. The monoisotopic (exact) mass is 362 g/mol. The van der Waals surface area contributed by atoms with Gasteiger partial charge in [0.1, 0.15) is 0 Å². The highest BCUT2D eigenvalue weighted by Gasteiger charge is 2.20. The van der Waals surface area contributed by atoms with Crippen molar-refractivity contribution in [2.75, 3.05) is 25.0 Å². The third-order valence-corrected chi connectivity index (χ3v) is 6.53. The van der Waals surface area contributed by atoms with E-state index >= 15 is 0 Å². The van der Waals surface area contributed by atoms with Gasteiger partial charge in [-0.1, -0.05) is 6.92 Å². The van der Waals surface area contributed by atoms with Gasteiger partial charge in [0.25, 0.3) is 0 Å². The summed E-state index contributed by atoms with van der Waals surface area (Å²) in [5.74, 6) is 0.913. The van der Waals surface area contributed by atoms with Crippen LogP contribution in [0.1, 0.15) is 29.5 Å². The highest BCUT2D eigenvalue weighted by Crippen LogP contribution is 2.24. The van der Waals surface area contributed by atoms with Gasteiger partial charge in [-0.15, -0.1) is 22.7 Å². The Labute approximate surface area is 152 Å². The third-order valence-electron chi connectivity index (χ3n) is 4.37. The number of anilines is 1. The average Bonchev–Trinajstić information content (AvgIpc) is 3.30. The molecule has 3 heterocycles. The van der Waals surface area contributed by atoms with E-state index in [0.29, 0.717) is 6.04 Å². The Hall–Kier alpha value is -1.53. The fourth-order valence-corrected chi connectivity index (χ4v) is 4.64. The standard InChI is InChI=1S/C18H26N4S2/c1-3-15-6-7-16(24-15)13-20-18(19-2)21-14-8-10-22(11-9-14)17-5-4-12-23-17/h4-7,12,14H,3,8-11,13H2,1-2H3,(H2,19,20,21). The number of aryl methyl sites for hydroxylation is 1. The maximum absolute atomic E-state index is 4.38. The number of hydrogen-bond donors (Lipinski definition) is 2. The summed E-state index contributed by atoms with van der Waals surface area (Å²) in [6, 6.07) is 9.28. The number of guanidine groups is 1. The summed E-state index contributed by atoms with van der Waals surface area (Å²) in [5.41, 5.74) is 0. The lowest BCUT2D eigenvalue weighted by atomic mass is 10.1. The molecular formula is C18H26N4S2. The molecule has 0 atom stereocenters. The van der Waals surface area contributed by atoms with Crippen LogP contribution in [0.15, 0.2) is 34.6 Å². The van der Waals surface area contributed by atoms with Crippen molar-refractivity contribution in [3.63, 3.8) is 0 Å². The van der Waals surface area contributed by atoms with Crippen molar-refractivity contribution in [1.82, 2.24) is 10.6 Å². The highest BCUT2D eigenvalue weighted by atomic mass is 32.1. The molecule has 0 spiro atoms. The molecule has 2 N–H and O–H groups in total. The first-order valence-corrected chi connectivity index (χ1v) is 10.3. The molecule has 0 unspecified atom stereocenters. The summed E-state index contributed by atoms with van der Waals surface area (Å²) in [4.78, 5) is 9.67. The van der Waals surface area contributed by atoms with Crippen LogP contribution in [-0.2, 0) is 13.0 Å². The first-order chi connectivity index (χ1) is 11.8. The van der Waals surface area contributed by atoms with Crippen LogP contribution in [0, 0.1) is 0 Å². The Bertz CT molecular complexity index is 640. The number of nitrogens with one attached hydrogen (secondary N) is 2. The van der Waals surface area contributed by atoms with Crippen LogP contribution in [0.2, 0.25) is 0 Å². The van der Waals surface area contributed by atoms with Crippen molar-refractivity contribution in [1.29, 1.82) is 0 Å². The van der Waals surface area contributed by atoms with Crippen molar-refractivity contribution in [3.05, 3.63) is 39.4 Å². The zero-order valence-corrected chi connectivity index (χ0v) is 16.1. The Balaban J connectivity index is 1.44. The number of thiophene rings is 2. The molecule has 0 radical (unpaired) electrons. The fourth-order valence-electron chi connectivity index (χ4n) is 2.96. The van der Waals surface area contributed by atoms with Gasteiger partial charge >= 0.3 is 0 Å². The molecule has 1 saturated heterocycles. The minimum atomic E-state index is 0.502. The lowest BCUT2D eigenvalue weighted by molar-refractivity contribution is 0.463. The smallest absolute Gasteiger partial charge is 0.191 e. The van der Waals surface area contributed by atoms with Gasteiger partial charge in [0, 0.05) is 35.9 Å². The van der Waals surface area contributed by atoms with E-state index < -0.39 is 0 Å². The van der Waals surface area contributed by atoms with Crippen LogP contribution < -0.4 is 15.5 Å². The molecule has 0 aliphatic carbocycles. The molecule has 130 valence electrons. The van der Waals surface area contributed by atoms with Crippen LogP contribution in [0.25, 0.3) is 0 Å². The van der Waals surface area contributed by atoms with E-state index in [1.54, 1.807) is 0 Å². The van der Waals surface area contributed by atoms with Gasteiger partial charge in [-0.25, -0.2) is 0 Å². The Kier molecular flexibility index (Phi) is 6.15. The second kappa shape index (κ2) is 8.53. The van der Waals surface area contributed by atoms with Gasteiger partial charge in [-0.3, -0.25) is 4.99 Å².